The van der Waals surface area contributed by atoms with Gasteiger partial charge in [-0.15, -0.1) is 0 Å². The van der Waals surface area contributed by atoms with Crippen LogP contribution in [-0.4, -0.2) is 24.1 Å². The predicted molar refractivity (Wildman–Crippen MR) is 221 cm³/mol. The molecule has 0 N–H and O–H groups in total. The zero-order valence-corrected chi connectivity index (χ0v) is 30.4. The van der Waals surface area contributed by atoms with E-state index in [2.05, 4.69) is 121 Å². The summed E-state index contributed by atoms with van der Waals surface area (Å²) in [6.07, 6.45) is 0. The minimum atomic E-state index is -0.546. The number of benzene rings is 7. The average Bonchev–Trinajstić information content (AvgIpc) is 3.68. The van der Waals surface area contributed by atoms with Crippen LogP contribution in [0.15, 0.2) is 181 Å². The molecule has 0 amide bonds. The van der Waals surface area contributed by atoms with Gasteiger partial charge in [-0.3, -0.25) is 9.13 Å². The Balaban J connectivity index is 1.19. The highest BCUT2D eigenvalue weighted by molar-refractivity contribution is 5.93. The second-order valence-electron chi connectivity index (χ2n) is 14.1. The topological polar surface area (TPSA) is 65.6 Å². The van der Waals surface area contributed by atoms with E-state index in [9.17, 15) is 4.79 Å². The van der Waals surface area contributed by atoms with Crippen LogP contribution >= 0.6 is 0 Å². The van der Waals surface area contributed by atoms with Gasteiger partial charge in [0.15, 0.2) is 17.5 Å². The van der Waals surface area contributed by atoms with Crippen molar-refractivity contribution in [3.05, 3.63) is 209 Å². The molecule has 2 aromatic heterocycles. The molecule has 0 atom stereocenters. The molecule has 0 fully saturated rings. The highest BCUT2D eigenvalue weighted by atomic mass is 16.1. The number of fused-ring (bicyclic) bond motifs is 4. The van der Waals surface area contributed by atoms with E-state index in [4.69, 9.17) is 15.0 Å². The lowest BCUT2D eigenvalue weighted by atomic mass is 9.67. The Hall–Kier alpha value is -7.18. The monoisotopic (exact) mass is 709 g/mol. The molecule has 55 heavy (non-hydrogen) atoms. The Labute approximate surface area is 318 Å². The molecule has 6 nitrogen and oxygen atoms in total. The molecule has 262 valence electrons. The zero-order chi connectivity index (χ0) is 37.1. The van der Waals surface area contributed by atoms with Crippen molar-refractivity contribution in [2.24, 2.45) is 14.1 Å². The molecule has 1 aliphatic carbocycles. The van der Waals surface area contributed by atoms with Crippen molar-refractivity contribution in [3.63, 3.8) is 0 Å². The number of hydrogen-bond acceptors (Lipinski definition) is 4. The third-order valence-corrected chi connectivity index (χ3v) is 11.1. The summed E-state index contributed by atoms with van der Waals surface area (Å²) < 4.78 is 3.40. The maximum absolute atomic E-state index is 12.9. The third kappa shape index (κ3) is 5.02. The lowest BCUT2D eigenvalue weighted by Gasteiger charge is -2.34. The first kappa shape index (κ1) is 32.5. The Morgan fingerprint density at radius 2 is 0.927 bits per heavy atom. The lowest BCUT2D eigenvalue weighted by molar-refractivity contribution is 0.768. The molecule has 0 saturated heterocycles. The van der Waals surface area contributed by atoms with E-state index in [-0.39, 0.29) is 5.69 Å². The SMILES string of the molecule is Cn1c(=O)n(C)c2c(-c3cccc(-c4nc(-c5ccccc5)nc(-c5ccc6c(c5)C(c5ccccc5)(c5ccccc5)c5ccccc5-6)n4)c3)cccc21. The van der Waals surface area contributed by atoms with Crippen LogP contribution in [0.3, 0.4) is 0 Å². The number of para-hydroxylation sites is 1. The van der Waals surface area contributed by atoms with Crippen molar-refractivity contribution in [1.82, 2.24) is 24.1 Å². The van der Waals surface area contributed by atoms with Gasteiger partial charge in [0.1, 0.15) is 0 Å². The fraction of sp³-hybridized carbons (Fsp3) is 0.0612. The number of aryl methyl sites for hydroxylation is 2. The van der Waals surface area contributed by atoms with Crippen molar-refractivity contribution in [2.45, 2.75) is 5.41 Å². The van der Waals surface area contributed by atoms with E-state index in [1.54, 1.807) is 9.13 Å². The molecule has 0 radical (unpaired) electrons. The summed E-state index contributed by atoms with van der Waals surface area (Å²) in [7, 11) is 3.63. The van der Waals surface area contributed by atoms with Crippen LogP contribution in [0.2, 0.25) is 0 Å². The molecule has 0 saturated carbocycles. The summed E-state index contributed by atoms with van der Waals surface area (Å²) in [6, 6.07) is 61.4. The van der Waals surface area contributed by atoms with Gasteiger partial charge in [-0.25, -0.2) is 19.7 Å². The molecule has 9 aromatic rings. The highest BCUT2D eigenvalue weighted by Crippen LogP contribution is 2.56. The maximum Gasteiger partial charge on any atom is 0.328 e. The van der Waals surface area contributed by atoms with Crippen LogP contribution < -0.4 is 5.69 Å². The van der Waals surface area contributed by atoms with Crippen molar-refractivity contribution in [3.8, 4) is 56.4 Å². The molecule has 1 aliphatic rings. The first-order valence-electron chi connectivity index (χ1n) is 18.4. The second-order valence-corrected chi connectivity index (χ2v) is 14.1. The molecule has 6 heteroatoms. The summed E-state index contributed by atoms with van der Waals surface area (Å²) in [5.41, 5.74) is 13.0. The quantitative estimate of drug-likeness (QED) is 0.172. The van der Waals surface area contributed by atoms with E-state index in [1.807, 2.05) is 68.7 Å². The van der Waals surface area contributed by atoms with Crippen molar-refractivity contribution in [1.29, 1.82) is 0 Å². The molecule has 7 aromatic carbocycles. The molecule has 0 bridgehead atoms. The molecule has 0 aliphatic heterocycles. The van der Waals surface area contributed by atoms with Crippen LogP contribution in [0.1, 0.15) is 22.3 Å². The van der Waals surface area contributed by atoms with E-state index in [0.29, 0.717) is 17.5 Å². The molecule has 2 heterocycles. The van der Waals surface area contributed by atoms with Crippen LogP contribution in [-0.2, 0) is 19.5 Å². The van der Waals surface area contributed by atoms with E-state index in [0.717, 1.165) is 38.9 Å². The van der Waals surface area contributed by atoms with Gasteiger partial charge in [0.2, 0.25) is 0 Å². The summed E-state index contributed by atoms with van der Waals surface area (Å²) in [5.74, 6) is 1.76. The number of nitrogens with zero attached hydrogens (tertiary/aromatic N) is 5. The largest absolute Gasteiger partial charge is 0.328 e. The maximum atomic E-state index is 12.9. The Morgan fingerprint density at radius 1 is 0.418 bits per heavy atom. The first-order valence-corrected chi connectivity index (χ1v) is 18.4. The van der Waals surface area contributed by atoms with Gasteiger partial charge in [-0.05, 0) is 57.1 Å². The zero-order valence-electron chi connectivity index (χ0n) is 30.4. The van der Waals surface area contributed by atoms with Gasteiger partial charge in [0.25, 0.3) is 0 Å². The second kappa shape index (κ2) is 12.7. The number of rotatable bonds is 6. The fourth-order valence-electron chi connectivity index (χ4n) is 8.57. The van der Waals surface area contributed by atoms with Gasteiger partial charge in [0, 0.05) is 36.3 Å². The molecule has 0 unspecified atom stereocenters. The van der Waals surface area contributed by atoms with Crippen LogP contribution in [0.5, 0.6) is 0 Å². The first-order chi connectivity index (χ1) is 27.0. The van der Waals surface area contributed by atoms with Crippen LogP contribution in [0, 0.1) is 0 Å². The van der Waals surface area contributed by atoms with Gasteiger partial charge < -0.3 is 0 Å². The Morgan fingerprint density at radius 3 is 1.62 bits per heavy atom. The van der Waals surface area contributed by atoms with E-state index in [1.165, 1.54) is 33.4 Å². The van der Waals surface area contributed by atoms with Crippen molar-refractivity contribution < 1.29 is 0 Å². The van der Waals surface area contributed by atoms with E-state index >= 15 is 0 Å². The highest BCUT2D eigenvalue weighted by Gasteiger charge is 2.46. The molecule has 10 rings (SSSR count). The van der Waals surface area contributed by atoms with Crippen LogP contribution in [0.25, 0.3) is 67.5 Å². The summed E-state index contributed by atoms with van der Waals surface area (Å²) in [6.45, 7) is 0. The van der Waals surface area contributed by atoms with Gasteiger partial charge >= 0.3 is 5.69 Å². The summed E-state index contributed by atoms with van der Waals surface area (Å²) in [5, 5.41) is 0. The summed E-state index contributed by atoms with van der Waals surface area (Å²) >= 11 is 0. The predicted octanol–water partition coefficient (Wildman–Crippen LogP) is 10.1. The summed E-state index contributed by atoms with van der Waals surface area (Å²) in [4.78, 5) is 28.4. The lowest BCUT2D eigenvalue weighted by Crippen LogP contribution is -2.28. The van der Waals surface area contributed by atoms with Gasteiger partial charge in [-0.1, -0.05) is 158 Å². The van der Waals surface area contributed by atoms with Crippen LogP contribution in [0.4, 0.5) is 0 Å². The standard InChI is InChI=1S/C49H35N5O/c1-53-43-27-15-25-38(44(43)54(2)48(53)55)33-18-14-19-34(30-33)46-50-45(32-16-6-3-7-17-32)51-47(52-46)35-28-29-40-39-24-12-13-26-41(39)49(42(40)31-35,36-20-8-4-9-21-36)37-22-10-5-11-23-37/h3-31H,1-2H3. The fourth-order valence-corrected chi connectivity index (χ4v) is 8.57. The van der Waals surface area contributed by atoms with E-state index < -0.39 is 5.41 Å². The number of aromatic nitrogens is 5. The Kier molecular flexibility index (Phi) is 7.52. The van der Waals surface area contributed by atoms with Crippen molar-refractivity contribution >= 4 is 11.0 Å². The number of imidazole rings is 1. The van der Waals surface area contributed by atoms with Gasteiger partial charge in [-0.2, -0.15) is 0 Å². The minimum absolute atomic E-state index is 0.0609. The number of hydrogen-bond donors (Lipinski definition) is 0. The minimum Gasteiger partial charge on any atom is -0.295 e. The smallest absolute Gasteiger partial charge is 0.295 e. The molecular formula is C49H35N5O. The van der Waals surface area contributed by atoms with Gasteiger partial charge in [0.05, 0.1) is 16.4 Å². The third-order valence-electron chi connectivity index (χ3n) is 11.1. The normalized spacial score (nSPS) is 12.8. The average molecular weight is 710 g/mol. The molecular weight excluding hydrogens is 675 g/mol. The Bertz CT molecular complexity index is 2930. The van der Waals surface area contributed by atoms with Crippen molar-refractivity contribution in [2.75, 3.05) is 0 Å². The molecule has 0 spiro atoms.